The molecule has 24 heavy (non-hydrogen) atoms. The second kappa shape index (κ2) is 7.09. The lowest BCUT2D eigenvalue weighted by Crippen LogP contribution is -2.08. The molecule has 0 aliphatic rings. The van der Waals surface area contributed by atoms with Gasteiger partial charge in [-0.2, -0.15) is 0 Å². The van der Waals surface area contributed by atoms with E-state index in [0.29, 0.717) is 16.5 Å². The fourth-order valence-electron chi connectivity index (χ4n) is 1.90. The van der Waals surface area contributed by atoms with E-state index in [1.165, 1.54) is 36.2 Å². The van der Waals surface area contributed by atoms with Crippen LogP contribution in [0.4, 0.5) is 15.0 Å². The van der Waals surface area contributed by atoms with Gasteiger partial charge in [0.15, 0.2) is 0 Å². The number of thioether (sulfide) groups is 1. The highest BCUT2D eigenvalue weighted by Crippen LogP contribution is 2.26. The van der Waals surface area contributed by atoms with Crippen LogP contribution in [0.2, 0.25) is 0 Å². The number of hydrogen-bond acceptors (Lipinski definition) is 6. The SMILES string of the molecule is O=C(O)Nc1cc(-c2nnc(SCc3cccc(F)c3)o2)ccn1. The summed E-state index contributed by atoms with van der Waals surface area (Å²) in [6, 6.07) is 9.38. The van der Waals surface area contributed by atoms with E-state index < -0.39 is 6.09 Å². The molecule has 3 aromatic rings. The molecule has 0 spiro atoms. The highest BCUT2D eigenvalue weighted by molar-refractivity contribution is 7.98. The Kier molecular flexibility index (Phi) is 4.71. The molecule has 3 rings (SSSR count). The molecule has 9 heteroatoms. The Morgan fingerprint density at radius 2 is 2.17 bits per heavy atom. The predicted molar refractivity (Wildman–Crippen MR) is 85.1 cm³/mol. The molecule has 0 radical (unpaired) electrons. The van der Waals surface area contributed by atoms with E-state index in [4.69, 9.17) is 9.52 Å². The minimum absolute atomic E-state index is 0.159. The van der Waals surface area contributed by atoms with Crippen LogP contribution in [0.25, 0.3) is 11.5 Å². The van der Waals surface area contributed by atoms with Gasteiger partial charge in [0, 0.05) is 17.5 Å². The number of amides is 1. The van der Waals surface area contributed by atoms with E-state index in [0.717, 1.165) is 5.56 Å². The van der Waals surface area contributed by atoms with Gasteiger partial charge in [-0.1, -0.05) is 23.9 Å². The molecular formula is C15H11FN4O3S. The average Bonchev–Trinajstić information content (AvgIpc) is 3.02. The number of pyridine rings is 1. The molecule has 7 nitrogen and oxygen atoms in total. The maximum atomic E-state index is 13.1. The summed E-state index contributed by atoms with van der Waals surface area (Å²) in [5.74, 6) is 0.593. The standard InChI is InChI=1S/C15H11FN4O3S/c16-11-3-1-2-9(6-11)8-24-15-20-19-13(23-15)10-4-5-17-12(7-10)18-14(21)22/h1-7H,8H2,(H,17,18)(H,21,22). The van der Waals surface area contributed by atoms with E-state index in [1.807, 2.05) is 0 Å². The number of benzene rings is 1. The van der Waals surface area contributed by atoms with Crippen LogP contribution < -0.4 is 5.32 Å². The van der Waals surface area contributed by atoms with Gasteiger partial charge in [-0.25, -0.2) is 14.2 Å². The lowest BCUT2D eigenvalue weighted by Gasteiger charge is -2.00. The van der Waals surface area contributed by atoms with Gasteiger partial charge in [-0.15, -0.1) is 10.2 Å². The second-order valence-corrected chi connectivity index (χ2v) is 5.58. The summed E-state index contributed by atoms with van der Waals surface area (Å²) in [4.78, 5) is 14.5. The first-order valence-electron chi connectivity index (χ1n) is 6.77. The van der Waals surface area contributed by atoms with Crippen molar-refractivity contribution in [2.75, 3.05) is 5.32 Å². The Bertz CT molecular complexity index is 871. The third kappa shape index (κ3) is 4.07. The molecule has 0 aliphatic carbocycles. The van der Waals surface area contributed by atoms with Crippen LogP contribution in [0, 0.1) is 5.82 Å². The van der Waals surface area contributed by atoms with Gasteiger partial charge in [-0.05, 0) is 29.8 Å². The van der Waals surface area contributed by atoms with Crippen molar-refractivity contribution in [1.29, 1.82) is 0 Å². The van der Waals surface area contributed by atoms with Gasteiger partial charge in [0.05, 0.1) is 0 Å². The first-order valence-corrected chi connectivity index (χ1v) is 7.76. The molecule has 2 heterocycles. The Morgan fingerprint density at radius 3 is 2.96 bits per heavy atom. The fraction of sp³-hybridized carbons (Fsp3) is 0.0667. The van der Waals surface area contributed by atoms with Crippen molar-refractivity contribution >= 4 is 23.7 Å². The minimum Gasteiger partial charge on any atom is -0.465 e. The van der Waals surface area contributed by atoms with Crippen LogP contribution in [0.3, 0.4) is 0 Å². The number of carbonyl (C=O) groups is 1. The summed E-state index contributed by atoms with van der Waals surface area (Å²) in [5, 5.41) is 19.0. The maximum absolute atomic E-state index is 13.1. The van der Waals surface area contributed by atoms with Gasteiger partial charge < -0.3 is 9.52 Å². The summed E-state index contributed by atoms with van der Waals surface area (Å²) in [6.07, 6.45) is 0.223. The molecule has 0 aliphatic heterocycles. The normalized spacial score (nSPS) is 10.5. The number of carboxylic acid groups (broad SMARTS) is 1. The molecular weight excluding hydrogens is 335 g/mol. The van der Waals surface area contributed by atoms with Crippen LogP contribution in [-0.4, -0.2) is 26.4 Å². The van der Waals surface area contributed by atoms with Crippen molar-refractivity contribution in [2.45, 2.75) is 11.0 Å². The molecule has 0 saturated carbocycles. The lowest BCUT2D eigenvalue weighted by molar-refractivity contribution is 0.209. The summed E-state index contributed by atoms with van der Waals surface area (Å²) in [5.41, 5.74) is 1.34. The zero-order valence-corrected chi connectivity index (χ0v) is 13.0. The Balaban J connectivity index is 1.70. The zero-order chi connectivity index (χ0) is 16.9. The second-order valence-electron chi connectivity index (χ2n) is 4.65. The van der Waals surface area contributed by atoms with Gasteiger partial charge in [0.25, 0.3) is 5.22 Å². The maximum Gasteiger partial charge on any atom is 0.410 e. The molecule has 0 atom stereocenters. The van der Waals surface area contributed by atoms with Crippen LogP contribution in [0.1, 0.15) is 5.56 Å². The number of rotatable bonds is 5. The number of nitrogens with one attached hydrogen (secondary N) is 1. The quantitative estimate of drug-likeness (QED) is 0.680. The number of halogens is 1. The highest BCUT2D eigenvalue weighted by Gasteiger charge is 2.11. The zero-order valence-electron chi connectivity index (χ0n) is 12.1. The molecule has 0 bridgehead atoms. The van der Waals surface area contributed by atoms with Crippen molar-refractivity contribution in [3.8, 4) is 11.5 Å². The Hall–Kier alpha value is -2.94. The largest absolute Gasteiger partial charge is 0.465 e. The molecule has 122 valence electrons. The first-order chi connectivity index (χ1) is 11.6. The molecule has 0 fully saturated rings. The predicted octanol–water partition coefficient (Wildman–Crippen LogP) is 3.65. The Labute approximate surface area is 139 Å². The molecule has 0 saturated heterocycles. The van der Waals surface area contributed by atoms with E-state index in [2.05, 4.69) is 20.5 Å². The molecule has 2 N–H and O–H groups in total. The fourth-order valence-corrected chi connectivity index (χ4v) is 2.60. The topological polar surface area (TPSA) is 101 Å². The van der Waals surface area contributed by atoms with Crippen LogP contribution >= 0.6 is 11.8 Å². The van der Waals surface area contributed by atoms with Crippen molar-refractivity contribution in [1.82, 2.24) is 15.2 Å². The minimum atomic E-state index is -1.21. The van der Waals surface area contributed by atoms with Crippen molar-refractivity contribution in [3.05, 3.63) is 54.0 Å². The van der Waals surface area contributed by atoms with Gasteiger partial charge in [0.1, 0.15) is 11.6 Å². The molecule has 0 unspecified atom stereocenters. The van der Waals surface area contributed by atoms with Gasteiger partial charge >= 0.3 is 6.09 Å². The molecule has 1 aromatic carbocycles. The van der Waals surface area contributed by atoms with Gasteiger partial charge in [-0.3, -0.25) is 5.32 Å². The summed E-state index contributed by atoms with van der Waals surface area (Å²) < 4.78 is 18.7. The smallest absolute Gasteiger partial charge is 0.410 e. The number of aromatic nitrogens is 3. The van der Waals surface area contributed by atoms with Crippen LogP contribution in [-0.2, 0) is 5.75 Å². The first kappa shape index (κ1) is 15.9. The van der Waals surface area contributed by atoms with E-state index in [1.54, 1.807) is 18.2 Å². The summed E-state index contributed by atoms with van der Waals surface area (Å²) in [6.45, 7) is 0. The third-order valence-corrected chi connectivity index (χ3v) is 3.79. The van der Waals surface area contributed by atoms with Crippen molar-refractivity contribution in [2.24, 2.45) is 0 Å². The van der Waals surface area contributed by atoms with E-state index in [-0.39, 0.29) is 17.5 Å². The molecule has 1 amide bonds. The average molecular weight is 346 g/mol. The number of nitrogens with zero attached hydrogens (tertiary/aromatic N) is 3. The third-order valence-electron chi connectivity index (χ3n) is 2.90. The van der Waals surface area contributed by atoms with Crippen molar-refractivity contribution in [3.63, 3.8) is 0 Å². The molecule has 2 aromatic heterocycles. The van der Waals surface area contributed by atoms with E-state index >= 15 is 0 Å². The lowest BCUT2D eigenvalue weighted by atomic mass is 10.2. The van der Waals surface area contributed by atoms with Crippen molar-refractivity contribution < 1.29 is 18.7 Å². The number of hydrogen-bond donors (Lipinski definition) is 2. The Morgan fingerprint density at radius 1 is 1.29 bits per heavy atom. The van der Waals surface area contributed by atoms with Gasteiger partial charge in [0.2, 0.25) is 5.89 Å². The number of anilines is 1. The van der Waals surface area contributed by atoms with E-state index in [9.17, 15) is 9.18 Å². The highest BCUT2D eigenvalue weighted by atomic mass is 32.2. The monoisotopic (exact) mass is 346 g/mol. The van der Waals surface area contributed by atoms with Crippen LogP contribution in [0.15, 0.2) is 52.2 Å². The van der Waals surface area contributed by atoms with Crippen LogP contribution in [0.5, 0.6) is 0 Å². The summed E-state index contributed by atoms with van der Waals surface area (Å²) >= 11 is 1.28. The summed E-state index contributed by atoms with van der Waals surface area (Å²) in [7, 11) is 0.